The van der Waals surface area contributed by atoms with Crippen molar-refractivity contribution in [2.75, 3.05) is 46.1 Å². The second-order valence-corrected chi connectivity index (χ2v) is 9.94. The van der Waals surface area contributed by atoms with Gasteiger partial charge >= 0.3 is 23.9 Å². The van der Waals surface area contributed by atoms with E-state index in [1.54, 1.807) is 0 Å². The molecule has 0 aromatic rings. The Hall–Kier alpha value is -2.68. The van der Waals surface area contributed by atoms with Crippen LogP contribution in [0.2, 0.25) is 0 Å². The van der Waals surface area contributed by atoms with Crippen LogP contribution in [0.5, 0.6) is 0 Å². The van der Waals surface area contributed by atoms with E-state index in [0.717, 1.165) is 25.2 Å². The molecule has 0 fully saturated rings. The average molecular weight is 498 g/mol. The molecule has 0 amide bonds. The molecule has 1 unspecified atom stereocenters. The van der Waals surface area contributed by atoms with Crippen LogP contribution in [0, 0.1) is 16.7 Å². The van der Waals surface area contributed by atoms with Gasteiger partial charge in [0.15, 0.2) is 0 Å². The van der Waals surface area contributed by atoms with E-state index in [1.807, 2.05) is 41.5 Å². The third kappa shape index (κ3) is 15.0. The number of esters is 4. The number of hydrogen-bond donors (Lipinski definition) is 0. The third-order valence-electron chi connectivity index (χ3n) is 5.18. The predicted octanol–water partition coefficient (Wildman–Crippen LogP) is 3.32. The molecule has 200 valence electrons. The van der Waals surface area contributed by atoms with E-state index in [4.69, 9.17) is 18.9 Å². The molecular weight excluding hydrogens is 454 g/mol. The van der Waals surface area contributed by atoms with Gasteiger partial charge in [0, 0.05) is 35.9 Å². The minimum absolute atomic E-state index is 0.0455. The molecule has 0 saturated heterocycles. The van der Waals surface area contributed by atoms with Crippen molar-refractivity contribution in [3.05, 3.63) is 25.3 Å². The highest BCUT2D eigenvalue weighted by Gasteiger charge is 2.28. The topological polar surface area (TPSA) is 108 Å². The number of rotatable bonds is 18. The normalized spacial score (nSPS) is 12.4. The zero-order valence-electron chi connectivity index (χ0n) is 22.2. The SMILES string of the molecule is C=CC(=O)OCC(C)(C)COC(=O)CCC(CN(CC)CC)C(=O)OCC(C)(C)COC(=O)C=C. The van der Waals surface area contributed by atoms with E-state index in [1.165, 1.54) is 0 Å². The first kappa shape index (κ1) is 32.3. The van der Waals surface area contributed by atoms with E-state index >= 15 is 0 Å². The number of carbonyl (C=O) groups is 4. The van der Waals surface area contributed by atoms with Crippen molar-refractivity contribution < 1.29 is 38.1 Å². The van der Waals surface area contributed by atoms with Gasteiger partial charge in [0.05, 0.1) is 32.3 Å². The molecule has 0 N–H and O–H groups in total. The van der Waals surface area contributed by atoms with Gasteiger partial charge in [0.2, 0.25) is 0 Å². The average Bonchev–Trinajstić information content (AvgIpc) is 2.83. The highest BCUT2D eigenvalue weighted by atomic mass is 16.6. The van der Waals surface area contributed by atoms with Crippen molar-refractivity contribution in [2.45, 2.75) is 54.4 Å². The Kier molecular flexibility index (Phi) is 14.8. The van der Waals surface area contributed by atoms with Gasteiger partial charge in [-0.3, -0.25) is 9.59 Å². The lowest BCUT2D eigenvalue weighted by atomic mass is 9.96. The van der Waals surface area contributed by atoms with Gasteiger partial charge in [-0.1, -0.05) is 54.7 Å². The van der Waals surface area contributed by atoms with Crippen LogP contribution in [-0.2, 0) is 38.1 Å². The largest absolute Gasteiger partial charge is 0.465 e. The molecule has 9 nitrogen and oxygen atoms in total. The minimum atomic E-state index is -0.576. The van der Waals surface area contributed by atoms with Gasteiger partial charge < -0.3 is 23.8 Å². The smallest absolute Gasteiger partial charge is 0.330 e. The molecule has 0 rings (SSSR count). The molecule has 1 atom stereocenters. The molecule has 0 bridgehead atoms. The van der Waals surface area contributed by atoms with Gasteiger partial charge in [-0.25, -0.2) is 9.59 Å². The standard InChI is InChI=1S/C26H43NO8/c1-9-21(28)32-16-25(5,6)18-34-23(30)14-13-20(15-27(11-3)12-4)24(31)35-19-26(7,8)17-33-22(29)10-2/h9-10,20H,1-2,11-19H2,3-8H3. The maximum Gasteiger partial charge on any atom is 0.330 e. The number of hydrogen-bond acceptors (Lipinski definition) is 9. The zero-order chi connectivity index (χ0) is 27.1. The van der Waals surface area contributed by atoms with Crippen LogP contribution in [0.25, 0.3) is 0 Å². The summed E-state index contributed by atoms with van der Waals surface area (Å²) in [6.45, 7) is 20.2. The second kappa shape index (κ2) is 16.1. The molecule has 0 aliphatic carbocycles. The molecule has 0 aliphatic rings. The summed E-state index contributed by atoms with van der Waals surface area (Å²) in [5.41, 5.74) is -1.14. The van der Waals surface area contributed by atoms with Crippen molar-refractivity contribution >= 4 is 23.9 Å². The number of carbonyl (C=O) groups excluding carboxylic acids is 4. The summed E-state index contributed by atoms with van der Waals surface area (Å²) in [6, 6.07) is 0. The van der Waals surface area contributed by atoms with Gasteiger partial charge in [0.1, 0.15) is 0 Å². The molecule has 0 aromatic heterocycles. The molecular formula is C26H43NO8. The van der Waals surface area contributed by atoms with E-state index in [0.29, 0.717) is 6.54 Å². The summed E-state index contributed by atoms with van der Waals surface area (Å²) in [7, 11) is 0. The fourth-order valence-corrected chi connectivity index (χ4v) is 2.84. The molecule has 0 aromatic carbocycles. The molecule has 0 aliphatic heterocycles. The Balaban J connectivity index is 4.90. The molecule has 35 heavy (non-hydrogen) atoms. The van der Waals surface area contributed by atoms with Crippen molar-refractivity contribution in [3.8, 4) is 0 Å². The Morgan fingerprint density at radius 2 is 1.20 bits per heavy atom. The first-order valence-corrected chi connectivity index (χ1v) is 11.9. The maximum atomic E-state index is 12.9. The number of ether oxygens (including phenoxy) is 4. The highest BCUT2D eigenvalue weighted by Crippen LogP contribution is 2.20. The fraction of sp³-hybridized carbons (Fsp3) is 0.692. The predicted molar refractivity (Wildman–Crippen MR) is 132 cm³/mol. The van der Waals surface area contributed by atoms with Gasteiger partial charge in [0.25, 0.3) is 0 Å². The molecule has 0 heterocycles. The first-order chi connectivity index (χ1) is 16.3. The van der Waals surface area contributed by atoms with Crippen LogP contribution >= 0.6 is 0 Å². The van der Waals surface area contributed by atoms with Crippen LogP contribution < -0.4 is 0 Å². The summed E-state index contributed by atoms with van der Waals surface area (Å²) in [5.74, 6) is -2.45. The molecule has 0 spiro atoms. The lowest BCUT2D eigenvalue weighted by molar-refractivity contribution is -0.155. The summed E-state index contributed by atoms with van der Waals surface area (Å²) < 4.78 is 21.0. The van der Waals surface area contributed by atoms with E-state index < -0.39 is 40.6 Å². The summed E-state index contributed by atoms with van der Waals surface area (Å²) in [5, 5.41) is 0. The Labute approximate surface area is 209 Å². The summed E-state index contributed by atoms with van der Waals surface area (Å²) in [6.07, 6.45) is 2.47. The van der Waals surface area contributed by atoms with Crippen LogP contribution in [0.15, 0.2) is 25.3 Å². The monoisotopic (exact) mass is 497 g/mol. The first-order valence-electron chi connectivity index (χ1n) is 11.9. The van der Waals surface area contributed by atoms with Gasteiger partial charge in [-0.05, 0) is 19.5 Å². The molecule has 0 radical (unpaired) electrons. The van der Waals surface area contributed by atoms with Crippen LogP contribution in [0.3, 0.4) is 0 Å². The third-order valence-corrected chi connectivity index (χ3v) is 5.18. The highest BCUT2D eigenvalue weighted by molar-refractivity contribution is 5.81. The van der Waals surface area contributed by atoms with Crippen molar-refractivity contribution in [2.24, 2.45) is 16.7 Å². The van der Waals surface area contributed by atoms with Crippen LogP contribution in [-0.4, -0.2) is 74.8 Å². The molecule has 9 heteroatoms. The summed E-state index contributed by atoms with van der Waals surface area (Å²) >= 11 is 0. The van der Waals surface area contributed by atoms with Crippen LogP contribution in [0.1, 0.15) is 54.4 Å². The van der Waals surface area contributed by atoms with E-state index in [9.17, 15) is 19.2 Å². The second-order valence-electron chi connectivity index (χ2n) is 9.94. The van der Waals surface area contributed by atoms with E-state index in [-0.39, 0.29) is 39.3 Å². The molecule has 0 saturated carbocycles. The van der Waals surface area contributed by atoms with Crippen LogP contribution in [0.4, 0.5) is 0 Å². The number of nitrogens with zero attached hydrogens (tertiary/aromatic N) is 1. The minimum Gasteiger partial charge on any atom is -0.465 e. The lowest BCUT2D eigenvalue weighted by Crippen LogP contribution is -2.36. The van der Waals surface area contributed by atoms with Crippen molar-refractivity contribution in [3.63, 3.8) is 0 Å². The van der Waals surface area contributed by atoms with E-state index in [2.05, 4.69) is 18.1 Å². The Morgan fingerprint density at radius 1 is 0.771 bits per heavy atom. The Morgan fingerprint density at radius 3 is 1.63 bits per heavy atom. The maximum absolute atomic E-state index is 12.9. The van der Waals surface area contributed by atoms with Crippen molar-refractivity contribution in [1.29, 1.82) is 0 Å². The fourth-order valence-electron chi connectivity index (χ4n) is 2.84. The lowest BCUT2D eigenvalue weighted by Gasteiger charge is -2.27. The van der Waals surface area contributed by atoms with Crippen molar-refractivity contribution in [1.82, 2.24) is 4.90 Å². The zero-order valence-corrected chi connectivity index (χ0v) is 22.2. The summed E-state index contributed by atoms with van der Waals surface area (Å²) in [4.78, 5) is 49.9. The quantitative estimate of drug-likeness (QED) is 0.160. The van der Waals surface area contributed by atoms with Gasteiger partial charge in [-0.15, -0.1) is 0 Å². The Bertz CT molecular complexity index is 725. The van der Waals surface area contributed by atoms with Gasteiger partial charge in [-0.2, -0.15) is 0 Å².